The van der Waals surface area contributed by atoms with Crippen LogP contribution in [0.2, 0.25) is 0 Å². The lowest BCUT2D eigenvalue weighted by Crippen LogP contribution is -2.54. The Balaban J connectivity index is 1.46. The molecule has 2 aliphatic heterocycles. The Labute approximate surface area is 194 Å². The van der Waals surface area contributed by atoms with Crippen LogP contribution in [-0.2, 0) is 4.79 Å². The van der Waals surface area contributed by atoms with Gasteiger partial charge >= 0.3 is 0 Å². The topological polar surface area (TPSA) is 79.0 Å². The van der Waals surface area contributed by atoms with Crippen molar-refractivity contribution in [2.45, 2.75) is 31.7 Å². The zero-order valence-corrected chi connectivity index (χ0v) is 19.0. The van der Waals surface area contributed by atoms with E-state index in [9.17, 15) is 14.4 Å². The normalized spacial score (nSPS) is 17.5. The molecule has 2 heterocycles. The monoisotopic (exact) mass is 449 g/mol. The summed E-state index contributed by atoms with van der Waals surface area (Å²) in [6.45, 7) is 2.60. The molecular formula is C26H31N3O4. The second-order valence-corrected chi connectivity index (χ2v) is 8.71. The van der Waals surface area contributed by atoms with Crippen molar-refractivity contribution in [2.75, 3.05) is 33.3 Å². The van der Waals surface area contributed by atoms with Crippen LogP contribution in [-0.4, -0.2) is 66.9 Å². The summed E-state index contributed by atoms with van der Waals surface area (Å²) < 4.78 is 5.23. The average molecular weight is 450 g/mol. The van der Waals surface area contributed by atoms with E-state index in [0.29, 0.717) is 42.8 Å². The number of benzene rings is 2. The van der Waals surface area contributed by atoms with Crippen molar-refractivity contribution >= 4 is 17.7 Å². The summed E-state index contributed by atoms with van der Waals surface area (Å²) in [4.78, 5) is 42.9. The van der Waals surface area contributed by atoms with Gasteiger partial charge in [0.15, 0.2) is 0 Å². The molecule has 4 rings (SSSR count). The lowest BCUT2D eigenvalue weighted by molar-refractivity contribution is -0.134. The fraction of sp³-hybridized carbons (Fsp3) is 0.423. The van der Waals surface area contributed by atoms with E-state index in [1.54, 1.807) is 31.4 Å². The van der Waals surface area contributed by atoms with Gasteiger partial charge in [-0.05, 0) is 61.9 Å². The summed E-state index contributed by atoms with van der Waals surface area (Å²) in [7, 11) is 1.56. The predicted octanol–water partition coefficient (Wildman–Crippen LogP) is 2.97. The van der Waals surface area contributed by atoms with Crippen LogP contribution in [0, 0.1) is 5.92 Å². The Morgan fingerprint density at radius 3 is 2.21 bits per heavy atom. The maximum Gasteiger partial charge on any atom is 0.253 e. The van der Waals surface area contributed by atoms with Gasteiger partial charge in [0.05, 0.1) is 7.11 Å². The van der Waals surface area contributed by atoms with E-state index in [2.05, 4.69) is 5.32 Å². The molecule has 174 valence electrons. The summed E-state index contributed by atoms with van der Waals surface area (Å²) in [6.07, 6.45) is 3.32. The fourth-order valence-corrected chi connectivity index (χ4v) is 4.70. The minimum atomic E-state index is -0.601. The smallest absolute Gasteiger partial charge is 0.253 e. The molecule has 3 amide bonds. The highest BCUT2D eigenvalue weighted by molar-refractivity contribution is 5.98. The summed E-state index contributed by atoms with van der Waals surface area (Å²) in [5.41, 5.74) is 1.14. The number of ether oxygens (including phenoxy) is 1. The Kier molecular flexibility index (Phi) is 7.27. The lowest BCUT2D eigenvalue weighted by Gasteiger charge is -2.37. The van der Waals surface area contributed by atoms with E-state index in [-0.39, 0.29) is 23.6 Å². The van der Waals surface area contributed by atoms with Gasteiger partial charge in [0.1, 0.15) is 11.8 Å². The molecule has 7 heteroatoms. The van der Waals surface area contributed by atoms with E-state index in [1.807, 2.05) is 40.1 Å². The first-order valence-corrected chi connectivity index (χ1v) is 11.6. The number of likely N-dealkylation sites (tertiary alicyclic amines) is 2. The van der Waals surface area contributed by atoms with Crippen LogP contribution in [0.25, 0.3) is 0 Å². The van der Waals surface area contributed by atoms with Crippen LogP contribution in [0.3, 0.4) is 0 Å². The van der Waals surface area contributed by atoms with Gasteiger partial charge in [-0.3, -0.25) is 14.4 Å². The summed E-state index contributed by atoms with van der Waals surface area (Å²) in [6, 6.07) is 15.6. The van der Waals surface area contributed by atoms with Crippen molar-refractivity contribution in [3.63, 3.8) is 0 Å². The lowest BCUT2D eigenvalue weighted by atomic mass is 9.88. The van der Waals surface area contributed by atoms with E-state index < -0.39 is 6.04 Å². The highest BCUT2D eigenvalue weighted by atomic mass is 16.5. The molecule has 2 aromatic carbocycles. The van der Waals surface area contributed by atoms with Crippen LogP contribution < -0.4 is 10.1 Å². The van der Waals surface area contributed by atoms with Gasteiger partial charge in [-0.2, -0.15) is 0 Å². The zero-order valence-electron chi connectivity index (χ0n) is 19.0. The molecule has 0 bridgehead atoms. The average Bonchev–Trinajstić information content (AvgIpc) is 3.42. The highest BCUT2D eigenvalue weighted by Crippen LogP contribution is 2.25. The number of methoxy groups -OCH3 is 1. The molecule has 2 fully saturated rings. The molecule has 0 radical (unpaired) electrons. The molecule has 0 aromatic heterocycles. The maximum atomic E-state index is 13.4. The summed E-state index contributed by atoms with van der Waals surface area (Å²) >= 11 is 0. The molecule has 0 aliphatic carbocycles. The first kappa shape index (κ1) is 22.8. The molecule has 1 N–H and O–H groups in total. The number of hydrogen-bond acceptors (Lipinski definition) is 4. The molecule has 2 aromatic rings. The van der Waals surface area contributed by atoms with Crippen molar-refractivity contribution in [3.8, 4) is 5.75 Å². The van der Waals surface area contributed by atoms with Crippen molar-refractivity contribution in [2.24, 2.45) is 5.92 Å². The third kappa shape index (κ3) is 5.35. The molecule has 0 spiro atoms. The van der Waals surface area contributed by atoms with Gasteiger partial charge in [-0.15, -0.1) is 0 Å². The standard InChI is InChI=1S/C26H31N3O4/c1-33-22-11-7-10-21(18-22)24(30)27-23(26(32)28-14-5-6-15-28)19-12-16-29(17-13-19)25(31)20-8-3-2-4-9-20/h2-4,7-11,18-19,23H,5-6,12-17H2,1H3,(H,27,30)/t23-/m1/s1. The predicted molar refractivity (Wildman–Crippen MR) is 125 cm³/mol. The van der Waals surface area contributed by atoms with Crippen LogP contribution in [0.5, 0.6) is 5.75 Å². The minimum Gasteiger partial charge on any atom is -0.497 e. The molecule has 33 heavy (non-hydrogen) atoms. The fourth-order valence-electron chi connectivity index (χ4n) is 4.70. The van der Waals surface area contributed by atoms with Crippen molar-refractivity contribution in [1.29, 1.82) is 0 Å². The van der Waals surface area contributed by atoms with Crippen molar-refractivity contribution in [1.82, 2.24) is 15.1 Å². The second-order valence-electron chi connectivity index (χ2n) is 8.71. The van der Waals surface area contributed by atoms with Crippen molar-refractivity contribution < 1.29 is 19.1 Å². The number of carbonyl (C=O) groups excluding carboxylic acids is 3. The number of amides is 3. The third-order valence-electron chi connectivity index (χ3n) is 6.62. The Morgan fingerprint density at radius 1 is 0.879 bits per heavy atom. The molecule has 7 nitrogen and oxygen atoms in total. The van der Waals surface area contributed by atoms with Gasteiger partial charge in [-0.1, -0.05) is 24.3 Å². The Hall–Kier alpha value is -3.35. The SMILES string of the molecule is COc1cccc(C(=O)N[C@@H](C(=O)N2CCCC2)C2CCN(C(=O)c3ccccc3)CC2)c1. The van der Waals surface area contributed by atoms with E-state index in [0.717, 1.165) is 25.9 Å². The van der Waals surface area contributed by atoms with E-state index >= 15 is 0 Å². The highest BCUT2D eigenvalue weighted by Gasteiger charge is 2.37. The van der Waals surface area contributed by atoms with Gasteiger partial charge in [-0.25, -0.2) is 0 Å². The van der Waals surface area contributed by atoms with Crippen LogP contribution in [0.1, 0.15) is 46.4 Å². The molecular weight excluding hydrogens is 418 g/mol. The van der Waals surface area contributed by atoms with E-state index in [1.165, 1.54) is 0 Å². The van der Waals surface area contributed by atoms with Crippen molar-refractivity contribution in [3.05, 3.63) is 65.7 Å². The number of carbonyl (C=O) groups is 3. The third-order valence-corrected chi connectivity index (χ3v) is 6.62. The first-order chi connectivity index (χ1) is 16.1. The number of nitrogens with one attached hydrogen (secondary N) is 1. The zero-order chi connectivity index (χ0) is 23.2. The molecule has 0 unspecified atom stereocenters. The Bertz CT molecular complexity index is 980. The second kappa shape index (κ2) is 10.5. The molecule has 0 saturated carbocycles. The van der Waals surface area contributed by atoms with Crippen LogP contribution in [0.4, 0.5) is 0 Å². The summed E-state index contributed by atoms with van der Waals surface area (Å²) in [5.74, 6) is 0.285. The molecule has 1 atom stereocenters. The molecule has 2 aliphatic rings. The van der Waals surface area contributed by atoms with Crippen LogP contribution in [0.15, 0.2) is 54.6 Å². The van der Waals surface area contributed by atoms with Gasteiger partial charge in [0.2, 0.25) is 5.91 Å². The van der Waals surface area contributed by atoms with Gasteiger partial charge in [0.25, 0.3) is 11.8 Å². The summed E-state index contributed by atoms with van der Waals surface area (Å²) in [5, 5.41) is 3.02. The van der Waals surface area contributed by atoms with E-state index in [4.69, 9.17) is 4.74 Å². The maximum absolute atomic E-state index is 13.4. The van der Waals surface area contributed by atoms with Gasteiger partial charge < -0.3 is 19.9 Å². The quantitative estimate of drug-likeness (QED) is 0.736. The largest absolute Gasteiger partial charge is 0.497 e. The first-order valence-electron chi connectivity index (χ1n) is 11.6. The number of rotatable bonds is 6. The van der Waals surface area contributed by atoms with Gasteiger partial charge in [0, 0.05) is 37.3 Å². The Morgan fingerprint density at radius 2 is 1.55 bits per heavy atom. The molecule has 2 saturated heterocycles. The van der Waals surface area contributed by atoms with Crippen LogP contribution >= 0.6 is 0 Å². The minimum absolute atomic E-state index is 0.0110. The number of hydrogen-bond donors (Lipinski definition) is 1. The number of piperidine rings is 1. The number of nitrogens with zero attached hydrogens (tertiary/aromatic N) is 2.